The van der Waals surface area contributed by atoms with Crippen LogP contribution in [-0.2, 0) is 20.2 Å². The van der Waals surface area contributed by atoms with Crippen LogP contribution in [0.5, 0.6) is 0 Å². The lowest BCUT2D eigenvalue weighted by Gasteiger charge is -2.30. The van der Waals surface area contributed by atoms with Gasteiger partial charge in [-0.25, -0.2) is 8.42 Å². The Kier molecular flexibility index (Phi) is 5.46. The molecule has 0 aliphatic carbocycles. The molecule has 0 bridgehead atoms. The summed E-state index contributed by atoms with van der Waals surface area (Å²) >= 11 is 16.4. The third kappa shape index (κ3) is 3.57. The standard InChI is InChI=1S/C10H13Cl3N2O4S2/c1-8-6-4-5-7-9(8)15(21(18,19)14(2)3)20(16,17)10(11,12)13/h4-7H,1-3H3. The number of aryl methyl sites for hydroxylation is 1. The van der Waals surface area contributed by atoms with Gasteiger partial charge in [0.15, 0.2) is 0 Å². The minimum atomic E-state index is -4.82. The maximum absolute atomic E-state index is 12.4. The van der Waals surface area contributed by atoms with E-state index in [0.717, 1.165) is 0 Å². The summed E-state index contributed by atoms with van der Waals surface area (Å²) in [7, 11) is -6.90. The molecule has 1 rings (SSSR count). The van der Waals surface area contributed by atoms with Gasteiger partial charge in [-0.05, 0) is 18.6 Å². The first kappa shape index (κ1) is 18.8. The topological polar surface area (TPSA) is 74.8 Å². The van der Waals surface area contributed by atoms with Crippen LogP contribution in [0, 0.1) is 6.92 Å². The van der Waals surface area contributed by atoms with Crippen molar-refractivity contribution in [2.45, 2.75) is 10.0 Å². The highest BCUT2D eigenvalue weighted by atomic mass is 35.6. The van der Waals surface area contributed by atoms with Gasteiger partial charge in [0.05, 0.1) is 5.69 Å². The Bertz CT molecular complexity index is 727. The van der Waals surface area contributed by atoms with Crippen molar-refractivity contribution in [1.29, 1.82) is 0 Å². The lowest BCUT2D eigenvalue weighted by Crippen LogP contribution is -2.48. The van der Waals surface area contributed by atoms with Crippen LogP contribution in [-0.4, -0.2) is 38.4 Å². The summed E-state index contributed by atoms with van der Waals surface area (Å²) in [6.45, 7) is 1.54. The number of hydrogen-bond acceptors (Lipinski definition) is 4. The molecule has 1 aromatic rings. The van der Waals surface area contributed by atoms with Crippen LogP contribution in [0.15, 0.2) is 24.3 Å². The van der Waals surface area contributed by atoms with Crippen molar-refractivity contribution in [2.75, 3.05) is 17.8 Å². The number of hydrogen-bond donors (Lipinski definition) is 0. The van der Waals surface area contributed by atoms with Crippen molar-refractivity contribution in [2.24, 2.45) is 0 Å². The molecule has 0 fully saturated rings. The van der Waals surface area contributed by atoms with Gasteiger partial charge in [-0.1, -0.05) is 53.0 Å². The van der Waals surface area contributed by atoms with Gasteiger partial charge in [0.2, 0.25) is 0 Å². The van der Waals surface area contributed by atoms with Crippen LogP contribution in [0.3, 0.4) is 0 Å². The Morgan fingerprint density at radius 1 is 1.00 bits per heavy atom. The number of rotatable bonds is 4. The summed E-state index contributed by atoms with van der Waals surface area (Å²) in [6, 6.07) is 5.96. The molecule has 0 N–H and O–H groups in total. The van der Waals surface area contributed by atoms with Gasteiger partial charge in [0.1, 0.15) is 0 Å². The molecule has 0 aliphatic heterocycles. The Balaban J connectivity index is 3.75. The van der Waals surface area contributed by atoms with Gasteiger partial charge in [0, 0.05) is 14.1 Å². The molecule has 0 radical (unpaired) electrons. The minimum Gasteiger partial charge on any atom is -0.201 e. The second-order valence-electron chi connectivity index (χ2n) is 4.22. The summed E-state index contributed by atoms with van der Waals surface area (Å²) in [5, 5.41) is 0. The van der Waals surface area contributed by atoms with Crippen LogP contribution < -0.4 is 3.71 Å². The van der Waals surface area contributed by atoms with Crippen LogP contribution in [0.25, 0.3) is 0 Å². The second kappa shape index (κ2) is 6.10. The molecular formula is C10H13Cl3N2O4S2. The zero-order valence-electron chi connectivity index (χ0n) is 11.3. The molecule has 0 saturated carbocycles. The van der Waals surface area contributed by atoms with Crippen LogP contribution >= 0.6 is 34.8 Å². The van der Waals surface area contributed by atoms with E-state index in [4.69, 9.17) is 34.8 Å². The lowest BCUT2D eigenvalue weighted by atomic mass is 10.2. The number of para-hydroxylation sites is 1. The fourth-order valence-corrected chi connectivity index (χ4v) is 5.51. The van der Waals surface area contributed by atoms with E-state index in [1.165, 1.54) is 26.2 Å². The van der Waals surface area contributed by atoms with Gasteiger partial charge in [-0.2, -0.15) is 12.7 Å². The predicted octanol–water partition coefficient (Wildman–Crippen LogP) is 2.27. The maximum Gasteiger partial charge on any atom is 0.316 e. The first-order valence-electron chi connectivity index (χ1n) is 5.43. The summed E-state index contributed by atoms with van der Waals surface area (Å²) in [4.78, 5) is 0. The smallest absolute Gasteiger partial charge is 0.201 e. The van der Waals surface area contributed by atoms with Gasteiger partial charge < -0.3 is 0 Å². The SMILES string of the molecule is Cc1ccccc1N(S(=O)(=O)N(C)C)S(=O)(=O)C(Cl)(Cl)Cl. The Labute approximate surface area is 139 Å². The predicted molar refractivity (Wildman–Crippen MR) is 85.5 cm³/mol. The van der Waals surface area contributed by atoms with Crippen molar-refractivity contribution < 1.29 is 16.8 Å². The first-order chi connectivity index (χ1) is 9.33. The Hall–Kier alpha value is -0.250. The molecule has 0 unspecified atom stereocenters. The molecule has 0 amide bonds. The number of benzene rings is 1. The highest BCUT2D eigenvalue weighted by Gasteiger charge is 2.49. The molecule has 11 heteroatoms. The third-order valence-electron chi connectivity index (χ3n) is 2.49. The van der Waals surface area contributed by atoms with E-state index < -0.39 is 23.4 Å². The summed E-state index contributed by atoms with van der Waals surface area (Å²) in [5.74, 6) is 0. The molecule has 0 saturated heterocycles. The number of alkyl halides is 3. The first-order valence-corrected chi connectivity index (χ1v) is 9.40. The summed E-state index contributed by atoms with van der Waals surface area (Å²) in [6.07, 6.45) is 0. The largest absolute Gasteiger partial charge is 0.316 e. The lowest BCUT2D eigenvalue weighted by molar-refractivity contribution is 0.520. The van der Waals surface area contributed by atoms with Crippen molar-refractivity contribution in [3.8, 4) is 0 Å². The Morgan fingerprint density at radius 2 is 1.48 bits per heavy atom. The number of sulfonamides is 1. The molecule has 0 spiro atoms. The zero-order chi connectivity index (χ0) is 16.6. The van der Waals surface area contributed by atoms with Crippen LogP contribution in [0.1, 0.15) is 5.56 Å². The van der Waals surface area contributed by atoms with E-state index in [-0.39, 0.29) is 9.40 Å². The maximum atomic E-state index is 12.4. The second-order valence-corrected chi connectivity index (χ2v) is 11.3. The normalized spacial score (nSPS) is 13.5. The van der Waals surface area contributed by atoms with Gasteiger partial charge in [0.25, 0.3) is 10.0 Å². The minimum absolute atomic E-state index is 0.113. The van der Waals surface area contributed by atoms with Gasteiger partial charge in [-0.3, -0.25) is 0 Å². The molecule has 1 aromatic carbocycles. The number of nitrogens with zero attached hydrogens (tertiary/aromatic N) is 2. The number of anilines is 1. The average Bonchev–Trinajstić information content (AvgIpc) is 2.29. The molecular weight excluding hydrogens is 383 g/mol. The third-order valence-corrected chi connectivity index (χ3v) is 8.16. The van der Waals surface area contributed by atoms with Crippen LogP contribution in [0.2, 0.25) is 0 Å². The average molecular weight is 396 g/mol. The van der Waals surface area contributed by atoms with E-state index in [1.807, 2.05) is 0 Å². The highest BCUT2D eigenvalue weighted by Crippen LogP contribution is 2.40. The van der Waals surface area contributed by atoms with E-state index in [2.05, 4.69) is 0 Å². The van der Waals surface area contributed by atoms with Crippen molar-refractivity contribution in [3.05, 3.63) is 29.8 Å². The molecule has 0 aromatic heterocycles. The van der Waals surface area contributed by atoms with E-state index in [9.17, 15) is 16.8 Å². The zero-order valence-corrected chi connectivity index (χ0v) is 15.2. The monoisotopic (exact) mass is 394 g/mol. The van der Waals surface area contributed by atoms with Crippen molar-refractivity contribution in [3.63, 3.8) is 0 Å². The van der Waals surface area contributed by atoms with Gasteiger partial charge in [-0.15, -0.1) is 3.71 Å². The molecule has 120 valence electrons. The molecule has 0 atom stereocenters. The molecule has 21 heavy (non-hydrogen) atoms. The summed E-state index contributed by atoms with van der Waals surface area (Å²) in [5.41, 5.74) is 0.276. The van der Waals surface area contributed by atoms with E-state index in [1.54, 1.807) is 19.1 Å². The quantitative estimate of drug-likeness (QED) is 0.733. The van der Waals surface area contributed by atoms with Gasteiger partial charge >= 0.3 is 13.3 Å². The highest BCUT2D eigenvalue weighted by molar-refractivity contribution is 8.11. The molecule has 0 aliphatic rings. The molecule has 0 heterocycles. The number of halogens is 3. The van der Waals surface area contributed by atoms with E-state index >= 15 is 0 Å². The Morgan fingerprint density at radius 3 is 1.86 bits per heavy atom. The fraction of sp³-hybridized carbons (Fsp3) is 0.400. The molecule has 6 nitrogen and oxygen atoms in total. The summed E-state index contributed by atoms with van der Waals surface area (Å²) < 4.78 is 47.5. The van der Waals surface area contributed by atoms with Crippen molar-refractivity contribution >= 4 is 60.7 Å². The van der Waals surface area contributed by atoms with Crippen molar-refractivity contribution in [1.82, 2.24) is 4.31 Å². The van der Waals surface area contributed by atoms with E-state index in [0.29, 0.717) is 9.87 Å². The fourth-order valence-electron chi connectivity index (χ4n) is 1.39. The van der Waals surface area contributed by atoms with Crippen LogP contribution in [0.4, 0.5) is 5.69 Å².